The van der Waals surface area contributed by atoms with Gasteiger partial charge < -0.3 is 4.98 Å². The van der Waals surface area contributed by atoms with Crippen molar-refractivity contribution < 1.29 is 13.2 Å². The Balaban J connectivity index is 1.94. The Hall–Kier alpha value is -1.76. The van der Waals surface area contributed by atoms with E-state index in [0.717, 1.165) is 30.8 Å². The zero-order valence-electron chi connectivity index (χ0n) is 13.5. The molecule has 0 aliphatic carbocycles. The van der Waals surface area contributed by atoms with Crippen LogP contribution in [0.5, 0.6) is 0 Å². The molecule has 1 aromatic carbocycles. The van der Waals surface area contributed by atoms with Gasteiger partial charge in [-0.2, -0.15) is 13.2 Å². The first-order valence-electron chi connectivity index (χ1n) is 8.05. The van der Waals surface area contributed by atoms with Crippen LogP contribution in [0.2, 0.25) is 0 Å². The second kappa shape index (κ2) is 6.63. The summed E-state index contributed by atoms with van der Waals surface area (Å²) in [6, 6.07) is 7.20. The molecule has 0 bridgehead atoms. The van der Waals surface area contributed by atoms with Crippen molar-refractivity contribution in [2.75, 3.05) is 13.6 Å². The highest BCUT2D eigenvalue weighted by molar-refractivity contribution is 6.32. The highest BCUT2D eigenvalue weighted by atomic mass is 19.4. The highest BCUT2D eigenvalue weighted by Crippen LogP contribution is 2.33. The van der Waals surface area contributed by atoms with E-state index in [1.165, 1.54) is 0 Å². The lowest BCUT2D eigenvalue weighted by Crippen LogP contribution is -2.18. The SMILES string of the molecule is [B]c1ccc(-c2nc([C@@H]3CCCN3C)[nH]c2CCC(F)(F)F)cc1. The van der Waals surface area contributed by atoms with E-state index in [2.05, 4.69) is 14.9 Å². The van der Waals surface area contributed by atoms with Gasteiger partial charge in [0.05, 0.1) is 11.7 Å². The third-order valence-electron chi connectivity index (χ3n) is 4.48. The van der Waals surface area contributed by atoms with Crippen LogP contribution in [-0.4, -0.2) is 42.5 Å². The molecular formula is C17H19BF3N3. The maximum Gasteiger partial charge on any atom is 0.389 e. The summed E-state index contributed by atoms with van der Waals surface area (Å²) in [6.45, 7) is 0.973. The minimum absolute atomic E-state index is 0.105. The van der Waals surface area contributed by atoms with E-state index >= 15 is 0 Å². The van der Waals surface area contributed by atoms with E-state index in [1.807, 2.05) is 7.05 Å². The van der Waals surface area contributed by atoms with Crippen LogP contribution in [0.15, 0.2) is 24.3 Å². The molecule has 1 aliphatic rings. The second-order valence-electron chi connectivity index (χ2n) is 6.33. The average molecular weight is 333 g/mol. The van der Waals surface area contributed by atoms with Gasteiger partial charge in [-0.3, -0.25) is 4.90 Å². The van der Waals surface area contributed by atoms with E-state index in [-0.39, 0.29) is 12.5 Å². The monoisotopic (exact) mass is 333 g/mol. The molecule has 7 heteroatoms. The van der Waals surface area contributed by atoms with E-state index in [9.17, 15) is 13.2 Å². The molecule has 0 unspecified atom stereocenters. The van der Waals surface area contributed by atoms with Crippen molar-refractivity contribution >= 4 is 13.3 Å². The lowest BCUT2D eigenvalue weighted by Gasteiger charge is -2.16. The van der Waals surface area contributed by atoms with Crippen molar-refractivity contribution in [3.8, 4) is 11.3 Å². The molecule has 0 saturated carbocycles. The molecule has 1 aliphatic heterocycles. The Morgan fingerprint density at radius 3 is 2.58 bits per heavy atom. The second-order valence-corrected chi connectivity index (χ2v) is 6.33. The van der Waals surface area contributed by atoms with Crippen molar-refractivity contribution in [1.82, 2.24) is 14.9 Å². The number of aromatic nitrogens is 2. The summed E-state index contributed by atoms with van der Waals surface area (Å²) in [7, 11) is 7.71. The van der Waals surface area contributed by atoms with Crippen molar-refractivity contribution in [2.45, 2.75) is 37.9 Å². The van der Waals surface area contributed by atoms with Crippen molar-refractivity contribution in [1.29, 1.82) is 0 Å². The van der Waals surface area contributed by atoms with Crippen LogP contribution >= 0.6 is 0 Å². The topological polar surface area (TPSA) is 31.9 Å². The third-order valence-corrected chi connectivity index (χ3v) is 4.48. The molecule has 1 saturated heterocycles. The maximum atomic E-state index is 12.6. The molecule has 3 nitrogen and oxygen atoms in total. The van der Waals surface area contributed by atoms with Gasteiger partial charge in [0.25, 0.3) is 0 Å². The van der Waals surface area contributed by atoms with Gasteiger partial charge in [-0.1, -0.05) is 29.7 Å². The van der Waals surface area contributed by atoms with Gasteiger partial charge in [0, 0.05) is 17.7 Å². The van der Waals surface area contributed by atoms with Crippen LogP contribution in [0.25, 0.3) is 11.3 Å². The Morgan fingerprint density at radius 2 is 2.00 bits per heavy atom. The minimum Gasteiger partial charge on any atom is -0.344 e. The van der Waals surface area contributed by atoms with Gasteiger partial charge >= 0.3 is 6.18 Å². The van der Waals surface area contributed by atoms with Crippen LogP contribution in [-0.2, 0) is 6.42 Å². The number of aromatic amines is 1. The third kappa shape index (κ3) is 3.83. The fourth-order valence-electron chi connectivity index (χ4n) is 3.17. The predicted octanol–water partition coefficient (Wildman–Crippen LogP) is 3.13. The summed E-state index contributed by atoms with van der Waals surface area (Å²) in [6.07, 6.45) is -3.13. The Morgan fingerprint density at radius 1 is 1.29 bits per heavy atom. The molecule has 2 heterocycles. The molecule has 3 rings (SSSR count). The summed E-state index contributed by atoms with van der Waals surface area (Å²) in [4.78, 5) is 9.97. The quantitative estimate of drug-likeness (QED) is 0.872. The zero-order valence-corrected chi connectivity index (χ0v) is 13.5. The number of alkyl halides is 3. The summed E-state index contributed by atoms with van der Waals surface area (Å²) >= 11 is 0. The lowest BCUT2D eigenvalue weighted by molar-refractivity contribution is -0.134. The first kappa shape index (κ1) is 17.1. The first-order chi connectivity index (χ1) is 11.3. The molecule has 1 atom stereocenters. The molecule has 126 valence electrons. The molecule has 0 amide bonds. The summed E-state index contributed by atoms with van der Waals surface area (Å²) in [5.41, 5.74) is 2.52. The predicted molar refractivity (Wildman–Crippen MR) is 88.4 cm³/mol. The molecule has 2 radical (unpaired) electrons. The van der Waals surface area contributed by atoms with E-state index in [4.69, 9.17) is 7.85 Å². The number of likely N-dealkylation sites (tertiary alicyclic amines) is 1. The molecule has 1 fully saturated rings. The minimum atomic E-state index is -4.19. The number of hydrogen-bond donors (Lipinski definition) is 1. The molecule has 1 N–H and O–H groups in total. The fourth-order valence-corrected chi connectivity index (χ4v) is 3.17. The number of H-pyrrole nitrogens is 1. The highest BCUT2D eigenvalue weighted by Gasteiger charge is 2.30. The number of halogens is 3. The molecule has 24 heavy (non-hydrogen) atoms. The van der Waals surface area contributed by atoms with Crippen molar-refractivity contribution in [3.63, 3.8) is 0 Å². The van der Waals surface area contributed by atoms with E-state index < -0.39 is 12.6 Å². The van der Waals surface area contributed by atoms with Crippen molar-refractivity contribution in [3.05, 3.63) is 35.8 Å². The van der Waals surface area contributed by atoms with Crippen molar-refractivity contribution in [2.24, 2.45) is 0 Å². The normalized spacial score (nSPS) is 19.1. The molecule has 2 aromatic rings. The first-order valence-corrected chi connectivity index (χ1v) is 8.05. The van der Waals surface area contributed by atoms with Gasteiger partial charge in [-0.05, 0) is 32.9 Å². The standard InChI is InChI=1S/C17H19BF3N3/c1-24-10-2-3-14(24)16-22-13(8-9-17(19,20)21)15(23-16)11-4-6-12(18)7-5-11/h4-7,14H,2-3,8-10H2,1H3,(H,22,23)/t14-/m0/s1. The molecule has 0 spiro atoms. The van der Waals surface area contributed by atoms with Gasteiger partial charge in [0.15, 0.2) is 0 Å². The number of rotatable bonds is 4. The van der Waals surface area contributed by atoms with Crippen LogP contribution in [0.4, 0.5) is 13.2 Å². The summed E-state index contributed by atoms with van der Waals surface area (Å²) in [5.74, 6) is 0.749. The van der Waals surface area contributed by atoms with E-state index in [0.29, 0.717) is 16.9 Å². The maximum absolute atomic E-state index is 12.6. The van der Waals surface area contributed by atoms with E-state index in [1.54, 1.807) is 24.3 Å². The average Bonchev–Trinajstić information content (AvgIpc) is 3.11. The number of nitrogens with one attached hydrogen (secondary N) is 1. The molecular weight excluding hydrogens is 314 g/mol. The Labute approximate surface area is 140 Å². The van der Waals surface area contributed by atoms with Crippen LogP contribution < -0.4 is 5.46 Å². The summed E-state index contributed by atoms with van der Waals surface area (Å²) in [5, 5.41) is 0. The van der Waals surface area contributed by atoms with Gasteiger partial charge in [0.2, 0.25) is 0 Å². The fraction of sp³-hybridized carbons (Fsp3) is 0.471. The zero-order chi connectivity index (χ0) is 17.3. The lowest BCUT2D eigenvalue weighted by atomic mass is 9.94. The number of aryl methyl sites for hydroxylation is 1. The number of benzene rings is 1. The number of hydrogen-bond acceptors (Lipinski definition) is 2. The van der Waals surface area contributed by atoms with Crippen LogP contribution in [0.3, 0.4) is 0 Å². The van der Waals surface area contributed by atoms with Gasteiger partial charge in [-0.25, -0.2) is 4.98 Å². The van der Waals surface area contributed by atoms with Crippen LogP contribution in [0, 0.1) is 0 Å². The molecule has 1 aromatic heterocycles. The van der Waals surface area contributed by atoms with Gasteiger partial charge in [0.1, 0.15) is 13.7 Å². The Kier molecular flexibility index (Phi) is 4.72. The smallest absolute Gasteiger partial charge is 0.344 e. The van der Waals surface area contributed by atoms with Crippen LogP contribution in [0.1, 0.15) is 36.8 Å². The Bertz CT molecular complexity index is 694. The number of nitrogens with zero attached hydrogens (tertiary/aromatic N) is 2. The van der Waals surface area contributed by atoms with Gasteiger partial charge in [-0.15, -0.1) is 0 Å². The largest absolute Gasteiger partial charge is 0.389 e. The summed E-state index contributed by atoms with van der Waals surface area (Å²) < 4.78 is 37.9. The number of imidazole rings is 1.